The Labute approximate surface area is 271 Å². The van der Waals surface area contributed by atoms with Gasteiger partial charge in [0.15, 0.2) is 5.82 Å². The highest BCUT2D eigenvalue weighted by Crippen LogP contribution is 2.33. The van der Waals surface area contributed by atoms with Gasteiger partial charge in [-0.05, 0) is 56.5 Å². The summed E-state index contributed by atoms with van der Waals surface area (Å²) in [4.78, 5) is 47.0. The van der Waals surface area contributed by atoms with Crippen molar-refractivity contribution < 1.29 is 28.2 Å². The lowest BCUT2D eigenvalue weighted by atomic mass is 9.99. The first-order valence-electron chi connectivity index (χ1n) is 15.0. The molecule has 12 nitrogen and oxygen atoms in total. The Bertz CT molecular complexity index is 1610. The first-order chi connectivity index (χ1) is 22.0. The summed E-state index contributed by atoms with van der Waals surface area (Å²) in [5.74, 6) is 5.17. The molecule has 3 aromatic rings. The fraction of sp³-hybridized carbons (Fsp3) is 0.375. The maximum atomic E-state index is 14.7. The van der Waals surface area contributed by atoms with Crippen LogP contribution in [0.5, 0.6) is 0 Å². The number of rotatable bonds is 9. The average molecular weight is 656 g/mol. The molecule has 0 fully saturated rings. The highest BCUT2D eigenvalue weighted by molar-refractivity contribution is 6.31. The van der Waals surface area contributed by atoms with E-state index in [1.165, 1.54) is 19.2 Å². The minimum Gasteiger partial charge on any atom is -0.447 e. The molecule has 246 valence electrons. The zero-order valence-electron chi connectivity index (χ0n) is 26.2. The third kappa shape index (κ3) is 8.22. The van der Waals surface area contributed by atoms with Gasteiger partial charge in [-0.2, -0.15) is 0 Å². The second kappa shape index (κ2) is 15.7. The predicted molar refractivity (Wildman–Crippen MR) is 174 cm³/mol. The number of carbonyl (C=O) groups excluding carboxylic acids is 3. The number of aromatic nitrogens is 2. The van der Waals surface area contributed by atoms with E-state index in [1.54, 1.807) is 37.4 Å². The Morgan fingerprint density at radius 3 is 2.74 bits per heavy atom. The number of nitrogens with two attached hydrogens (primary N) is 1. The van der Waals surface area contributed by atoms with Crippen LogP contribution in [0, 0.1) is 11.7 Å². The van der Waals surface area contributed by atoms with E-state index in [0.29, 0.717) is 65.4 Å². The quantitative estimate of drug-likeness (QED) is 0.0805. The number of amides is 3. The molecular formula is C32H39ClFN7O5. The fourth-order valence-electron chi connectivity index (χ4n) is 5.10. The minimum atomic E-state index is -0.687. The lowest BCUT2D eigenvalue weighted by Gasteiger charge is -2.24. The number of nitrogens with zero attached hydrogens (tertiary/aromatic N) is 2. The molecular weight excluding hydrogens is 617 g/mol. The van der Waals surface area contributed by atoms with Crippen LogP contribution in [-0.2, 0) is 19.1 Å². The molecule has 2 atom stereocenters. The molecule has 6 N–H and O–H groups in total. The molecule has 0 spiro atoms. The third-order valence-corrected chi connectivity index (χ3v) is 8.04. The number of aromatic amines is 1. The largest absolute Gasteiger partial charge is 0.447 e. The Morgan fingerprint density at radius 2 is 2.00 bits per heavy atom. The molecule has 1 aromatic heterocycles. The summed E-state index contributed by atoms with van der Waals surface area (Å²) in [7, 11) is 1.51. The normalized spacial score (nSPS) is 17.0. The maximum absolute atomic E-state index is 14.7. The second-order valence-electron chi connectivity index (χ2n) is 10.9. The van der Waals surface area contributed by atoms with E-state index in [-0.39, 0.29) is 41.7 Å². The topological polar surface area (TPSA) is 164 Å². The van der Waals surface area contributed by atoms with Crippen LogP contribution in [0.4, 0.5) is 26.2 Å². The van der Waals surface area contributed by atoms with E-state index in [1.807, 2.05) is 13.8 Å². The summed E-state index contributed by atoms with van der Waals surface area (Å²) in [5.41, 5.74) is 2.77. The molecule has 2 bridgehead atoms. The predicted octanol–water partition coefficient (Wildman–Crippen LogP) is 6.04. The van der Waals surface area contributed by atoms with Crippen LogP contribution in [-0.4, -0.2) is 48.2 Å². The van der Waals surface area contributed by atoms with Crippen molar-refractivity contribution in [3.63, 3.8) is 0 Å². The number of carbonyl (C=O) groups is 3. The number of hydrazine groups is 1. The second-order valence-corrected chi connectivity index (χ2v) is 11.3. The summed E-state index contributed by atoms with van der Waals surface area (Å²) in [5, 5.41) is 9.73. The van der Waals surface area contributed by atoms with Gasteiger partial charge in [0, 0.05) is 41.7 Å². The number of hydrogen-bond acceptors (Lipinski definition) is 8. The molecule has 0 aliphatic carbocycles. The highest BCUT2D eigenvalue weighted by atomic mass is 35.5. The van der Waals surface area contributed by atoms with E-state index in [9.17, 15) is 18.8 Å². The number of ether oxygens (including phenoxy) is 2. The van der Waals surface area contributed by atoms with Crippen LogP contribution in [0.1, 0.15) is 58.3 Å². The van der Waals surface area contributed by atoms with E-state index in [4.69, 9.17) is 31.9 Å². The average Bonchev–Trinajstić information content (AvgIpc) is 3.51. The fourth-order valence-corrected chi connectivity index (χ4v) is 5.27. The molecule has 3 amide bonds. The van der Waals surface area contributed by atoms with Gasteiger partial charge in [-0.1, -0.05) is 37.9 Å². The molecule has 14 heteroatoms. The molecule has 0 saturated carbocycles. The monoisotopic (exact) mass is 655 g/mol. The highest BCUT2D eigenvalue weighted by Gasteiger charge is 2.26. The number of imidazole rings is 1. The van der Waals surface area contributed by atoms with Gasteiger partial charge >= 0.3 is 6.09 Å². The number of anilines is 3. The molecule has 0 radical (unpaired) electrons. The van der Waals surface area contributed by atoms with Gasteiger partial charge in [0.25, 0.3) is 0 Å². The number of hydrogen-bond donors (Lipinski definition) is 5. The molecule has 0 saturated heterocycles. The van der Waals surface area contributed by atoms with Crippen molar-refractivity contribution in [3.8, 4) is 11.3 Å². The van der Waals surface area contributed by atoms with Crippen molar-refractivity contribution in [1.29, 1.82) is 0 Å². The zero-order valence-corrected chi connectivity index (χ0v) is 27.0. The summed E-state index contributed by atoms with van der Waals surface area (Å²) in [6.07, 6.45) is 3.02. The number of benzene rings is 2. The van der Waals surface area contributed by atoms with Crippen molar-refractivity contribution in [2.45, 2.75) is 52.5 Å². The summed E-state index contributed by atoms with van der Waals surface area (Å²) in [6, 6.07) is 9.00. The van der Waals surface area contributed by atoms with Gasteiger partial charge in [0.2, 0.25) is 11.8 Å². The Kier molecular flexibility index (Phi) is 11.7. The first kappa shape index (κ1) is 34.4. The molecule has 4 rings (SSSR count). The van der Waals surface area contributed by atoms with E-state index < -0.39 is 18.0 Å². The van der Waals surface area contributed by atoms with Crippen molar-refractivity contribution in [2.24, 2.45) is 11.8 Å². The Hall–Kier alpha value is -4.46. The van der Waals surface area contributed by atoms with Gasteiger partial charge in [0.05, 0.1) is 34.7 Å². The van der Waals surface area contributed by atoms with Crippen molar-refractivity contribution >= 4 is 46.6 Å². The van der Waals surface area contributed by atoms with Crippen LogP contribution in [0.15, 0.2) is 53.9 Å². The molecule has 1 aliphatic heterocycles. The van der Waals surface area contributed by atoms with Gasteiger partial charge in [-0.3, -0.25) is 19.9 Å². The number of nitrogens with one attached hydrogen (secondary N) is 4. The number of fused-ring (bicyclic) bond motifs is 4. The van der Waals surface area contributed by atoms with Crippen molar-refractivity contribution in [2.75, 3.05) is 36.0 Å². The number of halogens is 2. The van der Waals surface area contributed by atoms with Gasteiger partial charge in [-0.25, -0.2) is 20.0 Å². The standard InChI is InChI=1S/C32H39ClFN7O5/c1-5-21(19(3)41(35)27-11-7-9-23(33)28(27)34)31(43)39-24-10-6-8-18(2)30(42)40-25-16-20(37-32(44)46-15-14-45-4)12-13-22(25)26-17-36-29(24)38-26/h7,9,11-13,16-18,24H,5-6,8,10,14-15,35H2,1-4H3,(H,36,38)(H,37,44)(H,39,43)(H,40,42)/b21-19+/t18-,24-/m0/s1. The minimum absolute atomic E-state index is 0.0395. The summed E-state index contributed by atoms with van der Waals surface area (Å²) < 4.78 is 24.7. The number of H-pyrrole nitrogens is 1. The van der Waals surface area contributed by atoms with Gasteiger partial charge < -0.3 is 25.1 Å². The molecule has 0 unspecified atom stereocenters. The SMILES string of the molecule is CC/C(C(=O)N[C@H]1CCC[C@H](C)C(=O)Nc2cc(NC(=O)OCCOC)ccc2-c2c[nH]c1n2)=C(/C)N(N)c1cccc(Cl)c1F. The van der Waals surface area contributed by atoms with E-state index in [2.05, 4.69) is 20.9 Å². The number of allylic oxidation sites excluding steroid dienone is 1. The third-order valence-electron chi connectivity index (χ3n) is 7.75. The van der Waals surface area contributed by atoms with Crippen molar-refractivity contribution in [1.82, 2.24) is 15.3 Å². The Balaban J connectivity index is 1.62. The molecule has 2 heterocycles. The zero-order chi connectivity index (χ0) is 33.4. The van der Waals surface area contributed by atoms with Gasteiger partial charge in [-0.15, -0.1) is 0 Å². The van der Waals surface area contributed by atoms with Crippen LogP contribution in [0.2, 0.25) is 5.02 Å². The molecule has 1 aliphatic rings. The maximum Gasteiger partial charge on any atom is 0.411 e. The summed E-state index contributed by atoms with van der Waals surface area (Å²) >= 11 is 5.95. The molecule has 46 heavy (non-hydrogen) atoms. The Morgan fingerprint density at radius 1 is 1.22 bits per heavy atom. The lowest BCUT2D eigenvalue weighted by molar-refractivity contribution is -0.120. The first-order valence-corrected chi connectivity index (χ1v) is 15.3. The van der Waals surface area contributed by atoms with Crippen molar-refractivity contribution in [3.05, 3.63) is 70.5 Å². The van der Waals surface area contributed by atoms with Gasteiger partial charge in [0.1, 0.15) is 12.4 Å². The lowest BCUT2D eigenvalue weighted by Crippen LogP contribution is -2.36. The van der Waals surface area contributed by atoms with E-state index in [0.717, 1.165) is 5.01 Å². The smallest absolute Gasteiger partial charge is 0.411 e. The van der Waals surface area contributed by atoms with Crippen LogP contribution >= 0.6 is 11.6 Å². The summed E-state index contributed by atoms with van der Waals surface area (Å²) in [6.45, 7) is 5.64. The molecule has 2 aromatic carbocycles. The van der Waals surface area contributed by atoms with Crippen LogP contribution < -0.4 is 26.8 Å². The van der Waals surface area contributed by atoms with Crippen LogP contribution in [0.3, 0.4) is 0 Å². The van der Waals surface area contributed by atoms with Crippen LogP contribution in [0.25, 0.3) is 11.3 Å². The number of methoxy groups -OCH3 is 1. The van der Waals surface area contributed by atoms with E-state index >= 15 is 0 Å².